The Bertz CT molecular complexity index is 441. The van der Waals surface area contributed by atoms with Gasteiger partial charge in [0.1, 0.15) is 5.75 Å². The molecule has 0 N–H and O–H groups in total. The number of halogens is 3. The zero-order chi connectivity index (χ0) is 14.6. The van der Waals surface area contributed by atoms with E-state index in [1.54, 1.807) is 0 Å². The number of methoxy groups -OCH3 is 1. The van der Waals surface area contributed by atoms with Crippen LogP contribution in [0.1, 0.15) is 38.5 Å². The van der Waals surface area contributed by atoms with Crippen LogP contribution in [-0.4, -0.2) is 20.2 Å². The van der Waals surface area contributed by atoms with Gasteiger partial charge in [0, 0.05) is 0 Å². The number of ether oxygens (including phenoxy) is 2. The SMILES string of the molecule is COc1ccc(OC2CCCCCC2)c([B-](F)(F)F)c1. The molecule has 112 valence electrons. The summed E-state index contributed by atoms with van der Waals surface area (Å²) < 4.78 is 49.9. The van der Waals surface area contributed by atoms with Crippen LogP contribution in [0.2, 0.25) is 0 Å². The molecule has 0 bridgehead atoms. The maximum atomic E-state index is 13.1. The smallest absolute Gasteiger partial charge is 0.497 e. The van der Waals surface area contributed by atoms with E-state index in [-0.39, 0.29) is 17.6 Å². The minimum absolute atomic E-state index is 0.0646. The van der Waals surface area contributed by atoms with Gasteiger partial charge in [-0.1, -0.05) is 18.3 Å². The Morgan fingerprint density at radius 2 is 1.70 bits per heavy atom. The Balaban J connectivity index is 2.21. The summed E-state index contributed by atoms with van der Waals surface area (Å²) in [4.78, 5) is 0. The molecule has 0 aliphatic heterocycles. The second-order valence-electron chi connectivity index (χ2n) is 5.21. The summed E-state index contributed by atoms with van der Waals surface area (Å²) in [6.07, 6.45) is 5.87. The molecule has 0 atom stereocenters. The van der Waals surface area contributed by atoms with Crippen LogP contribution in [0.4, 0.5) is 12.9 Å². The maximum Gasteiger partial charge on any atom is 0.513 e. The molecular weight excluding hydrogens is 268 g/mol. The van der Waals surface area contributed by atoms with E-state index in [1.165, 1.54) is 19.2 Å². The van der Waals surface area contributed by atoms with Gasteiger partial charge in [-0.25, -0.2) is 0 Å². The van der Waals surface area contributed by atoms with Crippen molar-refractivity contribution in [3.8, 4) is 11.5 Å². The lowest BCUT2D eigenvalue weighted by Crippen LogP contribution is -2.36. The van der Waals surface area contributed by atoms with Crippen molar-refractivity contribution in [2.75, 3.05) is 7.11 Å². The minimum atomic E-state index is -5.11. The van der Waals surface area contributed by atoms with E-state index in [9.17, 15) is 12.9 Å². The molecule has 2 nitrogen and oxygen atoms in total. The predicted molar refractivity (Wildman–Crippen MR) is 73.8 cm³/mol. The highest BCUT2D eigenvalue weighted by atomic mass is 19.4. The normalized spacial score (nSPS) is 17.6. The Hall–Kier alpha value is -1.33. The summed E-state index contributed by atoms with van der Waals surface area (Å²) >= 11 is 0. The Kier molecular flexibility index (Phi) is 4.84. The van der Waals surface area contributed by atoms with Crippen LogP contribution in [-0.2, 0) is 0 Å². The van der Waals surface area contributed by atoms with Crippen LogP contribution in [0.25, 0.3) is 0 Å². The first-order valence-electron chi connectivity index (χ1n) is 7.05. The largest absolute Gasteiger partial charge is 0.513 e. The van der Waals surface area contributed by atoms with E-state index in [2.05, 4.69) is 0 Å². The number of benzene rings is 1. The first-order chi connectivity index (χ1) is 9.50. The van der Waals surface area contributed by atoms with Gasteiger partial charge in [-0.15, -0.1) is 0 Å². The summed E-state index contributed by atoms with van der Waals surface area (Å²) in [5.74, 6) is 0.137. The van der Waals surface area contributed by atoms with E-state index in [0.29, 0.717) is 0 Å². The Morgan fingerprint density at radius 1 is 1.05 bits per heavy atom. The van der Waals surface area contributed by atoms with Gasteiger partial charge in [0.25, 0.3) is 0 Å². The Morgan fingerprint density at radius 3 is 2.25 bits per heavy atom. The fourth-order valence-electron chi connectivity index (χ4n) is 2.56. The van der Waals surface area contributed by atoms with Crippen molar-refractivity contribution in [3.05, 3.63) is 18.2 Å². The summed E-state index contributed by atoms with van der Waals surface area (Å²) in [7, 11) is 1.36. The van der Waals surface area contributed by atoms with Crippen LogP contribution in [0.5, 0.6) is 11.5 Å². The number of hydrogen-bond donors (Lipinski definition) is 0. The first-order valence-corrected chi connectivity index (χ1v) is 7.05. The molecule has 2 rings (SSSR count). The molecule has 6 heteroatoms. The molecule has 1 aliphatic carbocycles. The molecule has 0 spiro atoms. The van der Waals surface area contributed by atoms with Crippen LogP contribution in [0.15, 0.2) is 18.2 Å². The van der Waals surface area contributed by atoms with Gasteiger partial charge in [-0.3, -0.25) is 0 Å². The van der Waals surface area contributed by atoms with Crippen LogP contribution >= 0.6 is 0 Å². The average Bonchev–Trinajstić information content (AvgIpc) is 2.66. The van der Waals surface area contributed by atoms with Gasteiger partial charge < -0.3 is 22.4 Å². The van der Waals surface area contributed by atoms with Gasteiger partial charge in [0.15, 0.2) is 0 Å². The summed E-state index contributed by atoms with van der Waals surface area (Å²) in [5.41, 5.74) is -0.700. The second-order valence-corrected chi connectivity index (χ2v) is 5.21. The third-order valence-corrected chi connectivity index (χ3v) is 3.67. The lowest BCUT2D eigenvalue weighted by molar-refractivity contribution is 0.184. The van der Waals surface area contributed by atoms with Crippen LogP contribution < -0.4 is 14.9 Å². The third kappa shape index (κ3) is 3.84. The molecule has 0 aromatic heterocycles. The molecule has 20 heavy (non-hydrogen) atoms. The highest BCUT2D eigenvalue weighted by Gasteiger charge is 2.30. The molecule has 0 radical (unpaired) electrons. The van der Waals surface area contributed by atoms with E-state index in [0.717, 1.165) is 44.6 Å². The van der Waals surface area contributed by atoms with E-state index < -0.39 is 12.4 Å². The van der Waals surface area contributed by atoms with Crippen molar-refractivity contribution in [1.82, 2.24) is 0 Å². The zero-order valence-electron chi connectivity index (χ0n) is 11.6. The molecule has 1 aromatic rings. The van der Waals surface area contributed by atoms with Gasteiger partial charge in [0.2, 0.25) is 0 Å². The number of hydrogen-bond acceptors (Lipinski definition) is 2. The molecule has 1 fully saturated rings. The highest BCUT2D eigenvalue weighted by molar-refractivity contribution is 6.74. The lowest BCUT2D eigenvalue weighted by atomic mass is 9.79. The second kappa shape index (κ2) is 6.42. The zero-order valence-corrected chi connectivity index (χ0v) is 11.6. The molecule has 0 unspecified atom stereocenters. The summed E-state index contributed by atoms with van der Waals surface area (Å²) in [6, 6.07) is 3.90. The van der Waals surface area contributed by atoms with E-state index >= 15 is 0 Å². The van der Waals surface area contributed by atoms with Crippen molar-refractivity contribution in [2.24, 2.45) is 0 Å². The fourth-order valence-corrected chi connectivity index (χ4v) is 2.56. The monoisotopic (exact) mass is 287 g/mol. The molecule has 1 aromatic carbocycles. The quantitative estimate of drug-likeness (QED) is 0.618. The van der Waals surface area contributed by atoms with Crippen molar-refractivity contribution < 1.29 is 22.4 Å². The Labute approximate surface area is 117 Å². The van der Waals surface area contributed by atoms with Crippen molar-refractivity contribution >= 4 is 12.4 Å². The first kappa shape index (κ1) is 15.1. The molecule has 0 amide bonds. The van der Waals surface area contributed by atoms with E-state index in [1.807, 2.05) is 0 Å². The van der Waals surface area contributed by atoms with Gasteiger partial charge in [-0.2, -0.15) is 0 Å². The standard InChI is InChI=1S/C14H19BF3O2/c1-19-12-8-9-14(13(10-12)15(16,17)18)20-11-6-4-2-3-5-7-11/h8-11H,2-7H2,1H3/q-1. The van der Waals surface area contributed by atoms with Crippen molar-refractivity contribution in [3.63, 3.8) is 0 Å². The van der Waals surface area contributed by atoms with Crippen molar-refractivity contribution in [2.45, 2.75) is 44.6 Å². The predicted octanol–water partition coefficient (Wildman–Crippen LogP) is 3.85. The topological polar surface area (TPSA) is 18.5 Å². The highest BCUT2D eigenvalue weighted by Crippen LogP contribution is 2.26. The fraction of sp³-hybridized carbons (Fsp3) is 0.571. The van der Waals surface area contributed by atoms with Crippen LogP contribution in [0.3, 0.4) is 0 Å². The maximum absolute atomic E-state index is 13.1. The van der Waals surface area contributed by atoms with Gasteiger partial charge in [-0.05, 0) is 43.9 Å². The summed E-state index contributed by atoms with van der Waals surface area (Å²) in [6.45, 7) is -5.11. The average molecular weight is 287 g/mol. The number of rotatable bonds is 4. The van der Waals surface area contributed by atoms with E-state index in [4.69, 9.17) is 9.47 Å². The molecule has 1 aliphatic rings. The van der Waals surface area contributed by atoms with Crippen molar-refractivity contribution in [1.29, 1.82) is 0 Å². The van der Waals surface area contributed by atoms with Gasteiger partial charge in [0.05, 0.1) is 19.0 Å². The lowest BCUT2D eigenvalue weighted by Gasteiger charge is -2.24. The molecule has 0 heterocycles. The minimum Gasteiger partial charge on any atom is -0.497 e. The van der Waals surface area contributed by atoms with Gasteiger partial charge >= 0.3 is 6.98 Å². The third-order valence-electron chi connectivity index (χ3n) is 3.67. The molecule has 1 saturated carbocycles. The summed E-state index contributed by atoms with van der Waals surface area (Å²) in [5, 5.41) is 0. The van der Waals surface area contributed by atoms with Crippen LogP contribution in [0, 0.1) is 0 Å². The molecular formula is C14H19BF3O2-. The molecule has 0 saturated heterocycles.